The van der Waals surface area contributed by atoms with E-state index < -0.39 is 17.6 Å². The van der Waals surface area contributed by atoms with Crippen LogP contribution in [0, 0.1) is 0 Å². The number of carbonyl (C=O) groups excluding carboxylic acids is 1. The summed E-state index contributed by atoms with van der Waals surface area (Å²) < 4.78 is 39.7. The Balaban J connectivity index is 1.65. The van der Waals surface area contributed by atoms with E-state index in [0.29, 0.717) is 11.2 Å². The minimum atomic E-state index is -4.45. The zero-order chi connectivity index (χ0) is 17.6. The Hall–Kier alpha value is -3.43. The minimum Gasteiger partial charge on any atom is -0.324 e. The van der Waals surface area contributed by atoms with Gasteiger partial charge in [-0.3, -0.25) is 10.1 Å². The maximum Gasteiger partial charge on any atom is 0.416 e. The van der Waals surface area contributed by atoms with E-state index in [1.807, 2.05) is 0 Å². The van der Waals surface area contributed by atoms with Crippen molar-refractivity contribution in [1.29, 1.82) is 0 Å². The molecule has 25 heavy (non-hydrogen) atoms. The van der Waals surface area contributed by atoms with E-state index in [0.717, 1.165) is 12.1 Å². The van der Waals surface area contributed by atoms with E-state index in [4.69, 9.17) is 0 Å². The highest BCUT2D eigenvalue weighted by atomic mass is 19.4. The van der Waals surface area contributed by atoms with Crippen LogP contribution >= 0.6 is 0 Å². The highest BCUT2D eigenvalue weighted by Gasteiger charge is 2.30. The molecule has 3 heterocycles. The van der Waals surface area contributed by atoms with Gasteiger partial charge in [0.1, 0.15) is 5.56 Å². The van der Waals surface area contributed by atoms with Crippen LogP contribution in [0.1, 0.15) is 15.9 Å². The Morgan fingerprint density at radius 3 is 2.92 bits per heavy atom. The van der Waals surface area contributed by atoms with Gasteiger partial charge in [0, 0.05) is 12.4 Å². The molecular weight excluding hydrogens is 337 g/mol. The minimum absolute atomic E-state index is 0.0367. The molecule has 0 aliphatic rings. The fraction of sp³-hybridized carbons (Fsp3) is 0.0667. The third-order valence-corrected chi connectivity index (χ3v) is 3.57. The molecule has 0 bridgehead atoms. The number of imidazole rings is 1. The molecule has 10 heteroatoms. The van der Waals surface area contributed by atoms with Crippen LogP contribution in [0.25, 0.3) is 16.7 Å². The molecule has 0 aliphatic heterocycles. The number of benzene rings is 1. The summed E-state index contributed by atoms with van der Waals surface area (Å²) in [5, 5.41) is 6.50. The molecule has 0 aliphatic carbocycles. The lowest BCUT2D eigenvalue weighted by atomic mass is 10.2. The molecule has 3 aromatic heterocycles. The van der Waals surface area contributed by atoms with Crippen molar-refractivity contribution < 1.29 is 18.0 Å². The monoisotopic (exact) mass is 346 g/mol. The number of amides is 1. The second-order valence-electron chi connectivity index (χ2n) is 5.22. The third-order valence-electron chi connectivity index (χ3n) is 3.57. The summed E-state index contributed by atoms with van der Waals surface area (Å²) in [7, 11) is 0. The average molecular weight is 346 g/mol. The lowest BCUT2D eigenvalue weighted by Crippen LogP contribution is -2.13. The number of hydrogen-bond acceptors (Lipinski definition) is 4. The number of aromatic nitrogens is 5. The van der Waals surface area contributed by atoms with E-state index in [2.05, 4.69) is 25.4 Å². The lowest BCUT2D eigenvalue weighted by Gasteiger charge is -2.05. The van der Waals surface area contributed by atoms with Crippen LogP contribution < -0.4 is 5.32 Å². The van der Waals surface area contributed by atoms with Crippen molar-refractivity contribution in [3.8, 4) is 0 Å². The molecule has 2 N–H and O–H groups in total. The van der Waals surface area contributed by atoms with Crippen LogP contribution in [0.5, 0.6) is 0 Å². The third kappa shape index (κ3) is 2.67. The first-order valence-corrected chi connectivity index (χ1v) is 7.08. The fourth-order valence-electron chi connectivity index (χ4n) is 2.41. The zero-order valence-electron chi connectivity index (χ0n) is 12.4. The van der Waals surface area contributed by atoms with Gasteiger partial charge in [0.25, 0.3) is 5.91 Å². The van der Waals surface area contributed by atoms with Gasteiger partial charge in [-0.25, -0.2) is 14.5 Å². The summed E-state index contributed by atoms with van der Waals surface area (Å²) in [5.74, 6) is -0.488. The number of rotatable bonds is 2. The molecule has 0 fully saturated rings. The van der Waals surface area contributed by atoms with Gasteiger partial charge in [0.05, 0.1) is 22.8 Å². The van der Waals surface area contributed by atoms with Crippen molar-refractivity contribution in [3.63, 3.8) is 0 Å². The molecule has 1 amide bonds. The highest BCUT2D eigenvalue weighted by Crippen LogP contribution is 2.31. The van der Waals surface area contributed by atoms with Crippen LogP contribution in [-0.4, -0.2) is 30.5 Å². The number of carbonyl (C=O) groups is 1. The van der Waals surface area contributed by atoms with Crippen molar-refractivity contribution in [3.05, 3.63) is 54.0 Å². The highest BCUT2D eigenvalue weighted by molar-refractivity contribution is 6.07. The number of fused-ring (bicyclic) bond motifs is 2. The normalized spacial score (nSPS) is 12.0. The number of H-pyrrole nitrogens is 1. The van der Waals surface area contributed by atoms with Crippen molar-refractivity contribution >= 4 is 28.5 Å². The fourth-order valence-corrected chi connectivity index (χ4v) is 2.41. The average Bonchev–Trinajstić information content (AvgIpc) is 3.16. The number of anilines is 1. The molecule has 0 unspecified atom stereocenters. The van der Waals surface area contributed by atoms with E-state index in [9.17, 15) is 18.0 Å². The van der Waals surface area contributed by atoms with Crippen LogP contribution in [0.4, 0.5) is 19.1 Å². The van der Waals surface area contributed by atoms with Gasteiger partial charge in [-0.05, 0) is 24.3 Å². The van der Waals surface area contributed by atoms with Gasteiger partial charge in [-0.15, -0.1) is 0 Å². The van der Waals surface area contributed by atoms with Crippen LogP contribution in [0.2, 0.25) is 0 Å². The largest absolute Gasteiger partial charge is 0.416 e. The first kappa shape index (κ1) is 15.1. The van der Waals surface area contributed by atoms with Gasteiger partial charge in [-0.2, -0.15) is 18.3 Å². The molecule has 4 rings (SSSR count). The molecular formula is C15H9F3N6O. The molecule has 0 saturated carbocycles. The Bertz CT molecular complexity index is 1100. The van der Waals surface area contributed by atoms with E-state index in [1.165, 1.54) is 23.0 Å². The molecule has 126 valence electrons. The quantitative estimate of drug-likeness (QED) is 0.584. The topological polar surface area (TPSA) is 88.0 Å². The molecule has 0 radical (unpaired) electrons. The van der Waals surface area contributed by atoms with Gasteiger partial charge < -0.3 is 4.98 Å². The molecule has 0 atom stereocenters. The standard InChI is InChI=1S/C15H9F3N6O/c16-15(17,18)8-2-3-10-11(6-8)22-14(21-10)23-13(25)9-7-20-24-5-1-4-19-12(9)24/h1-7H,(H2,21,22,23,25). The van der Waals surface area contributed by atoms with Gasteiger partial charge in [0.2, 0.25) is 5.95 Å². The summed E-state index contributed by atoms with van der Waals surface area (Å²) in [6, 6.07) is 4.78. The number of hydrogen-bond donors (Lipinski definition) is 2. The van der Waals surface area contributed by atoms with Gasteiger partial charge in [-0.1, -0.05) is 0 Å². The van der Waals surface area contributed by atoms with Gasteiger partial charge in [0.15, 0.2) is 5.65 Å². The predicted octanol–water partition coefficient (Wildman–Crippen LogP) is 2.88. The Labute approximate surface area is 137 Å². The first-order chi connectivity index (χ1) is 11.9. The molecule has 7 nitrogen and oxygen atoms in total. The second-order valence-corrected chi connectivity index (χ2v) is 5.22. The summed E-state index contributed by atoms with van der Waals surface area (Å²) in [5.41, 5.74) is 0.255. The molecule has 0 saturated heterocycles. The summed E-state index contributed by atoms with van der Waals surface area (Å²) in [6.45, 7) is 0. The number of nitrogens with zero attached hydrogens (tertiary/aromatic N) is 4. The van der Waals surface area contributed by atoms with Gasteiger partial charge >= 0.3 is 6.18 Å². The van der Waals surface area contributed by atoms with Crippen molar-refractivity contribution in [1.82, 2.24) is 24.6 Å². The summed E-state index contributed by atoms with van der Waals surface area (Å²) in [4.78, 5) is 23.1. The molecule has 4 aromatic rings. The maximum atomic E-state index is 12.7. The SMILES string of the molecule is O=C(Nc1nc2ccc(C(F)(F)F)cc2[nH]1)c1cnn2cccnc12. The number of aromatic amines is 1. The zero-order valence-corrected chi connectivity index (χ0v) is 12.4. The first-order valence-electron chi connectivity index (χ1n) is 7.08. The number of nitrogens with one attached hydrogen (secondary N) is 2. The smallest absolute Gasteiger partial charge is 0.324 e. The summed E-state index contributed by atoms with van der Waals surface area (Å²) in [6.07, 6.45) is 0.0557. The van der Waals surface area contributed by atoms with Crippen molar-refractivity contribution in [2.75, 3.05) is 5.32 Å². The second kappa shape index (κ2) is 5.30. The van der Waals surface area contributed by atoms with E-state index >= 15 is 0 Å². The Morgan fingerprint density at radius 2 is 2.12 bits per heavy atom. The summed E-state index contributed by atoms with van der Waals surface area (Å²) >= 11 is 0. The Morgan fingerprint density at radius 1 is 1.28 bits per heavy atom. The van der Waals surface area contributed by atoms with E-state index in [1.54, 1.807) is 12.3 Å². The maximum absolute atomic E-state index is 12.7. The molecule has 1 aromatic carbocycles. The van der Waals surface area contributed by atoms with Crippen molar-refractivity contribution in [2.45, 2.75) is 6.18 Å². The Kier molecular flexibility index (Phi) is 3.20. The molecule has 0 spiro atoms. The van der Waals surface area contributed by atoms with Crippen LogP contribution in [0.3, 0.4) is 0 Å². The van der Waals surface area contributed by atoms with Crippen molar-refractivity contribution in [2.24, 2.45) is 0 Å². The number of halogens is 3. The van der Waals surface area contributed by atoms with E-state index in [-0.39, 0.29) is 17.0 Å². The van der Waals surface area contributed by atoms with Crippen LogP contribution in [-0.2, 0) is 6.18 Å². The predicted molar refractivity (Wildman–Crippen MR) is 82.0 cm³/mol. The lowest BCUT2D eigenvalue weighted by molar-refractivity contribution is -0.137. The number of alkyl halides is 3. The van der Waals surface area contributed by atoms with Crippen LogP contribution in [0.15, 0.2) is 42.9 Å².